The number of allylic oxidation sites excluding steroid dienone is 4. The molecule has 2 saturated carbocycles. The lowest BCUT2D eigenvalue weighted by Gasteiger charge is -2.55. The molecule has 0 aromatic heterocycles. The lowest BCUT2D eigenvalue weighted by molar-refractivity contribution is -0.130. The Kier molecular flexibility index (Phi) is 2.90. The molecule has 4 aliphatic rings. The molecule has 2 fully saturated rings. The van der Waals surface area contributed by atoms with Gasteiger partial charge in [-0.3, -0.25) is 9.59 Å². The van der Waals surface area contributed by atoms with Crippen LogP contribution in [-0.2, 0) is 9.59 Å². The SMILES string of the molecule is CC1=C[C@@H]2[C@H](CC[C@]3(C)C(=O)CC[C@@H]23)[C@@]2(C)CCC(=O)C=C12. The first kappa shape index (κ1) is 14.4. The van der Waals surface area contributed by atoms with E-state index < -0.39 is 0 Å². The second-order valence-electron chi connectivity index (χ2n) is 8.50. The summed E-state index contributed by atoms with van der Waals surface area (Å²) in [6.07, 6.45) is 10.0. The Morgan fingerprint density at radius 2 is 1.73 bits per heavy atom. The van der Waals surface area contributed by atoms with E-state index in [0.29, 0.717) is 30.0 Å². The van der Waals surface area contributed by atoms with Crippen LogP contribution < -0.4 is 0 Å². The highest BCUT2D eigenvalue weighted by atomic mass is 16.1. The first-order valence-corrected chi connectivity index (χ1v) is 8.83. The van der Waals surface area contributed by atoms with Gasteiger partial charge in [0, 0.05) is 18.3 Å². The summed E-state index contributed by atoms with van der Waals surface area (Å²) >= 11 is 0. The first-order chi connectivity index (χ1) is 10.4. The average molecular weight is 298 g/mol. The molecule has 0 aromatic rings. The molecular formula is C20H26O2. The molecular weight excluding hydrogens is 272 g/mol. The van der Waals surface area contributed by atoms with Gasteiger partial charge in [-0.2, -0.15) is 0 Å². The molecule has 5 atom stereocenters. The number of carbonyl (C=O) groups excluding carboxylic acids is 2. The molecule has 2 heteroatoms. The molecule has 0 radical (unpaired) electrons. The molecule has 4 rings (SSSR count). The number of carbonyl (C=O) groups is 2. The third-order valence-corrected chi connectivity index (χ3v) is 7.54. The van der Waals surface area contributed by atoms with Crippen LogP contribution in [0.3, 0.4) is 0 Å². The zero-order valence-electron chi connectivity index (χ0n) is 13.9. The standard InChI is InChI=1S/C20H26O2/c1-12-10-14-15-4-5-18(22)20(15,3)9-7-16(14)19(2)8-6-13(21)11-17(12)19/h10-11,14-16H,4-9H2,1-3H3/t14-,15-,16-,19+,20-/m0/s1. The normalized spacial score (nSPS) is 47.3. The van der Waals surface area contributed by atoms with E-state index in [0.717, 1.165) is 32.1 Å². The zero-order valence-corrected chi connectivity index (χ0v) is 13.9. The third kappa shape index (κ3) is 1.67. The fourth-order valence-electron chi connectivity index (χ4n) is 6.19. The summed E-state index contributed by atoms with van der Waals surface area (Å²) in [5.74, 6) is 2.44. The van der Waals surface area contributed by atoms with Crippen LogP contribution in [0.15, 0.2) is 23.3 Å². The van der Waals surface area contributed by atoms with Gasteiger partial charge < -0.3 is 0 Å². The van der Waals surface area contributed by atoms with Gasteiger partial charge in [-0.15, -0.1) is 0 Å². The Labute approximate surface area is 133 Å². The molecule has 118 valence electrons. The molecule has 4 aliphatic carbocycles. The van der Waals surface area contributed by atoms with Gasteiger partial charge in [0.1, 0.15) is 5.78 Å². The maximum absolute atomic E-state index is 12.4. The Morgan fingerprint density at radius 3 is 2.50 bits per heavy atom. The molecule has 0 heterocycles. The largest absolute Gasteiger partial charge is 0.299 e. The summed E-state index contributed by atoms with van der Waals surface area (Å²) in [5, 5.41) is 0. The molecule has 0 aliphatic heterocycles. The Morgan fingerprint density at radius 1 is 1.00 bits per heavy atom. The van der Waals surface area contributed by atoms with Crippen molar-refractivity contribution in [2.75, 3.05) is 0 Å². The van der Waals surface area contributed by atoms with Crippen molar-refractivity contribution in [1.82, 2.24) is 0 Å². The van der Waals surface area contributed by atoms with E-state index in [1.54, 1.807) is 0 Å². The molecule has 0 saturated heterocycles. The zero-order chi connectivity index (χ0) is 15.7. The summed E-state index contributed by atoms with van der Waals surface area (Å²) in [6.45, 7) is 6.75. The molecule has 22 heavy (non-hydrogen) atoms. The van der Waals surface area contributed by atoms with Crippen molar-refractivity contribution in [3.63, 3.8) is 0 Å². The van der Waals surface area contributed by atoms with Crippen molar-refractivity contribution in [1.29, 1.82) is 0 Å². The lowest BCUT2D eigenvalue weighted by Crippen LogP contribution is -2.49. The van der Waals surface area contributed by atoms with Crippen LogP contribution >= 0.6 is 0 Å². The fraction of sp³-hybridized carbons (Fsp3) is 0.700. The van der Waals surface area contributed by atoms with E-state index >= 15 is 0 Å². The van der Waals surface area contributed by atoms with Gasteiger partial charge in [-0.25, -0.2) is 0 Å². The monoisotopic (exact) mass is 298 g/mol. The maximum atomic E-state index is 12.4. The Hall–Kier alpha value is -1.18. The number of fused-ring (bicyclic) bond motifs is 5. The van der Waals surface area contributed by atoms with E-state index in [2.05, 4.69) is 26.8 Å². The number of ketones is 2. The van der Waals surface area contributed by atoms with E-state index in [-0.39, 0.29) is 16.6 Å². The maximum Gasteiger partial charge on any atom is 0.156 e. The van der Waals surface area contributed by atoms with Crippen molar-refractivity contribution in [3.8, 4) is 0 Å². The summed E-state index contributed by atoms with van der Waals surface area (Å²) in [4.78, 5) is 24.3. The fourth-order valence-corrected chi connectivity index (χ4v) is 6.19. The van der Waals surface area contributed by atoms with Crippen molar-refractivity contribution in [3.05, 3.63) is 23.3 Å². The second-order valence-corrected chi connectivity index (χ2v) is 8.50. The first-order valence-electron chi connectivity index (χ1n) is 8.83. The minimum Gasteiger partial charge on any atom is -0.299 e. The minimum absolute atomic E-state index is 0.0833. The van der Waals surface area contributed by atoms with E-state index in [9.17, 15) is 9.59 Å². The molecule has 0 aromatic carbocycles. The van der Waals surface area contributed by atoms with Gasteiger partial charge in [-0.1, -0.05) is 25.5 Å². The van der Waals surface area contributed by atoms with E-state index in [4.69, 9.17) is 0 Å². The van der Waals surface area contributed by atoms with Gasteiger partial charge >= 0.3 is 0 Å². The minimum atomic E-state index is -0.0833. The Balaban J connectivity index is 1.82. The highest BCUT2D eigenvalue weighted by molar-refractivity contribution is 5.92. The van der Waals surface area contributed by atoms with E-state index in [1.165, 1.54) is 11.1 Å². The predicted molar refractivity (Wildman–Crippen MR) is 86.2 cm³/mol. The molecule has 0 unspecified atom stereocenters. The highest BCUT2D eigenvalue weighted by Crippen LogP contribution is 2.63. The van der Waals surface area contributed by atoms with Crippen molar-refractivity contribution >= 4 is 11.6 Å². The lowest BCUT2D eigenvalue weighted by atomic mass is 9.48. The third-order valence-electron chi connectivity index (χ3n) is 7.54. The number of rotatable bonds is 0. The van der Waals surface area contributed by atoms with Gasteiger partial charge in [0.2, 0.25) is 0 Å². The summed E-state index contributed by atoms with van der Waals surface area (Å²) in [5.41, 5.74) is 2.64. The van der Waals surface area contributed by atoms with Crippen LogP contribution in [0.1, 0.15) is 59.3 Å². The van der Waals surface area contributed by atoms with Crippen LogP contribution in [0.2, 0.25) is 0 Å². The average Bonchev–Trinajstić information content (AvgIpc) is 2.77. The molecule has 2 nitrogen and oxygen atoms in total. The number of hydrogen-bond donors (Lipinski definition) is 0. The van der Waals surface area contributed by atoms with Crippen LogP contribution in [0.25, 0.3) is 0 Å². The van der Waals surface area contributed by atoms with Crippen LogP contribution in [-0.4, -0.2) is 11.6 Å². The van der Waals surface area contributed by atoms with Crippen molar-refractivity contribution in [2.24, 2.45) is 28.6 Å². The Bertz CT molecular complexity index is 626. The van der Waals surface area contributed by atoms with Crippen LogP contribution in [0, 0.1) is 28.6 Å². The quantitative estimate of drug-likeness (QED) is 0.670. The molecule has 0 amide bonds. The van der Waals surface area contributed by atoms with Gasteiger partial charge in [0.25, 0.3) is 0 Å². The summed E-state index contributed by atoms with van der Waals surface area (Å²) < 4.78 is 0. The van der Waals surface area contributed by atoms with E-state index in [1.807, 2.05) is 6.08 Å². The van der Waals surface area contributed by atoms with Gasteiger partial charge in [0.15, 0.2) is 5.78 Å². The summed E-state index contributed by atoms with van der Waals surface area (Å²) in [6, 6.07) is 0. The van der Waals surface area contributed by atoms with Crippen LogP contribution in [0.4, 0.5) is 0 Å². The topological polar surface area (TPSA) is 34.1 Å². The van der Waals surface area contributed by atoms with Crippen molar-refractivity contribution in [2.45, 2.75) is 59.3 Å². The molecule has 0 N–H and O–H groups in total. The van der Waals surface area contributed by atoms with Gasteiger partial charge in [0.05, 0.1) is 0 Å². The van der Waals surface area contributed by atoms with Crippen molar-refractivity contribution < 1.29 is 9.59 Å². The number of Topliss-reactive ketones (excluding diaryl/α,β-unsaturated/α-hetero) is 1. The highest BCUT2D eigenvalue weighted by Gasteiger charge is 2.58. The second kappa shape index (κ2) is 4.43. The molecule has 0 bridgehead atoms. The van der Waals surface area contributed by atoms with Gasteiger partial charge in [-0.05, 0) is 67.4 Å². The predicted octanol–water partition coefficient (Wildman–Crippen LogP) is 4.25. The van der Waals surface area contributed by atoms with Crippen LogP contribution in [0.5, 0.6) is 0 Å². The smallest absolute Gasteiger partial charge is 0.156 e. The molecule has 0 spiro atoms. The number of hydrogen-bond acceptors (Lipinski definition) is 2. The summed E-state index contributed by atoms with van der Waals surface area (Å²) in [7, 11) is 0.